The highest BCUT2D eigenvalue weighted by atomic mass is 79.9. The summed E-state index contributed by atoms with van der Waals surface area (Å²) in [5, 5.41) is 0. The van der Waals surface area contributed by atoms with Crippen molar-refractivity contribution in [3.63, 3.8) is 0 Å². The quantitative estimate of drug-likeness (QED) is 0.414. The average molecular weight is 241 g/mol. The number of benzene rings is 1. The molecule has 0 bridgehead atoms. The van der Waals surface area contributed by atoms with Crippen LogP contribution >= 0.6 is 15.9 Å². The maximum Gasteiger partial charge on any atom is 0.163 e. The van der Waals surface area contributed by atoms with Gasteiger partial charge in [0.25, 0.3) is 0 Å². The van der Waals surface area contributed by atoms with Crippen molar-refractivity contribution < 1.29 is 9.18 Å². The Balaban J connectivity index is 2.97. The van der Waals surface area contributed by atoms with Gasteiger partial charge in [0.15, 0.2) is 5.78 Å². The Hall–Kier alpha value is -0.570. The Bertz CT molecular complexity index is 318. The van der Waals surface area contributed by atoms with Crippen molar-refractivity contribution in [1.82, 2.24) is 0 Å². The molecule has 1 aromatic rings. The van der Waals surface area contributed by atoms with Gasteiger partial charge in [0.2, 0.25) is 0 Å². The topological polar surface area (TPSA) is 17.1 Å². The standard InChI is InChI=1S/C8H8B2BrFO/c9-8(10,11)7(13)5-1-3-6(12)4-2-5/h1-4H,9-10H2. The van der Waals surface area contributed by atoms with Crippen molar-refractivity contribution in [2.45, 2.75) is 4.12 Å². The Labute approximate surface area is 86.7 Å². The second-order valence-corrected chi connectivity index (χ2v) is 5.29. The Morgan fingerprint density at radius 2 is 1.77 bits per heavy atom. The molecule has 1 rings (SSSR count). The summed E-state index contributed by atoms with van der Waals surface area (Å²) in [6.45, 7) is 0. The molecule has 0 spiro atoms. The molecule has 0 aliphatic heterocycles. The van der Waals surface area contributed by atoms with E-state index in [-0.39, 0.29) is 11.6 Å². The third-order valence-corrected chi connectivity index (χ3v) is 2.01. The summed E-state index contributed by atoms with van der Waals surface area (Å²) in [7, 11) is 3.53. The first-order chi connectivity index (χ1) is 5.91. The van der Waals surface area contributed by atoms with Gasteiger partial charge in [-0.25, -0.2) is 4.39 Å². The van der Waals surface area contributed by atoms with E-state index in [0.29, 0.717) is 5.56 Å². The molecule has 0 aliphatic carbocycles. The zero-order chi connectivity index (χ0) is 10.1. The van der Waals surface area contributed by atoms with E-state index in [0.717, 1.165) is 0 Å². The number of ketones is 1. The largest absolute Gasteiger partial charge is 0.294 e. The summed E-state index contributed by atoms with van der Waals surface area (Å²) in [4.78, 5) is 11.6. The number of carbonyl (C=O) groups excluding carboxylic acids is 1. The summed E-state index contributed by atoms with van der Waals surface area (Å²) in [5.41, 5.74) is 0.517. The predicted octanol–water partition coefficient (Wildman–Crippen LogP) is 0.323. The monoisotopic (exact) mass is 240 g/mol. The maximum atomic E-state index is 12.5. The van der Waals surface area contributed by atoms with E-state index in [2.05, 4.69) is 15.9 Å². The molecule has 13 heavy (non-hydrogen) atoms. The summed E-state index contributed by atoms with van der Waals surface area (Å²) in [6.07, 6.45) is 0. The van der Waals surface area contributed by atoms with Gasteiger partial charge >= 0.3 is 0 Å². The zero-order valence-corrected chi connectivity index (χ0v) is 9.06. The van der Waals surface area contributed by atoms with E-state index in [4.69, 9.17) is 0 Å². The van der Waals surface area contributed by atoms with Crippen LogP contribution in [-0.2, 0) is 0 Å². The van der Waals surface area contributed by atoms with Gasteiger partial charge in [-0.2, -0.15) is 0 Å². The molecule has 0 heterocycles. The molecule has 0 N–H and O–H groups in total. The molecule has 66 valence electrons. The lowest BCUT2D eigenvalue weighted by atomic mass is 9.66. The first-order valence-corrected chi connectivity index (χ1v) is 4.70. The lowest BCUT2D eigenvalue weighted by Crippen LogP contribution is -2.32. The van der Waals surface area contributed by atoms with Crippen molar-refractivity contribution in [1.29, 1.82) is 0 Å². The molecule has 0 aliphatic rings. The molecule has 0 radical (unpaired) electrons. The van der Waals surface area contributed by atoms with Gasteiger partial charge in [-0.15, -0.1) is 0 Å². The fourth-order valence-corrected chi connectivity index (χ4v) is 1.17. The van der Waals surface area contributed by atoms with E-state index >= 15 is 0 Å². The van der Waals surface area contributed by atoms with Crippen LogP contribution in [0.1, 0.15) is 10.4 Å². The van der Waals surface area contributed by atoms with E-state index in [1.807, 2.05) is 0 Å². The number of hydrogen-bond acceptors (Lipinski definition) is 1. The normalized spacial score (nSPS) is 11.2. The third kappa shape index (κ3) is 2.69. The molecule has 0 amide bonds. The van der Waals surface area contributed by atoms with Crippen LogP contribution in [-0.4, -0.2) is 25.6 Å². The van der Waals surface area contributed by atoms with Crippen LogP contribution in [0.25, 0.3) is 0 Å². The molecule has 0 aromatic heterocycles. The molecule has 5 heteroatoms. The average Bonchev–Trinajstić information content (AvgIpc) is 2.03. The number of Topliss-reactive ketones (excluding diaryl/α,β-unsaturated/α-hetero) is 1. The number of halogens is 2. The highest BCUT2D eigenvalue weighted by molar-refractivity contribution is 9.11. The van der Waals surface area contributed by atoms with Gasteiger partial charge in [-0.05, 0) is 24.3 Å². The van der Waals surface area contributed by atoms with Crippen molar-refractivity contribution in [2.75, 3.05) is 0 Å². The SMILES string of the molecule is BC(B)(Br)C(=O)c1ccc(F)cc1. The lowest BCUT2D eigenvalue weighted by molar-refractivity contribution is 0.1000. The van der Waals surface area contributed by atoms with Crippen molar-refractivity contribution >= 4 is 37.4 Å². The van der Waals surface area contributed by atoms with Crippen LogP contribution in [0.5, 0.6) is 0 Å². The van der Waals surface area contributed by atoms with Gasteiger partial charge in [0.1, 0.15) is 21.5 Å². The molecule has 0 unspecified atom stereocenters. The van der Waals surface area contributed by atoms with Crippen molar-refractivity contribution in [2.24, 2.45) is 0 Å². The first-order valence-electron chi connectivity index (χ1n) is 3.90. The minimum Gasteiger partial charge on any atom is -0.294 e. The molecular formula is C8H8B2BrFO. The zero-order valence-electron chi connectivity index (χ0n) is 7.47. The minimum atomic E-state index is -0.592. The summed E-state index contributed by atoms with van der Waals surface area (Å²) < 4.78 is 11.9. The maximum absolute atomic E-state index is 12.5. The third-order valence-electron chi connectivity index (χ3n) is 1.65. The Morgan fingerprint density at radius 3 is 2.15 bits per heavy atom. The van der Waals surface area contributed by atoms with E-state index in [1.54, 1.807) is 15.7 Å². The molecule has 1 aromatic carbocycles. The number of alkyl halides is 1. The molecule has 1 nitrogen and oxygen atoms in total. The van der Waals surface area contributed by atoms with E-state index in [1.165, 1.54) is 24.3 Å². The Morgan fingerprint density at radius 1 is 1.31 bits per heavy atom. The van der Waals surface area contributed by atoms with Crippen LogP contribution in [0.3, 0.4) is 0 Å². The summed E-state index contributed by atoms with van der Waals surface area (Å²) in [5.74, 6) is -0.378. The fourth-order valence-electron chi connectivity index (χ4n) is 0.944. The van der Waals surface area contributed by atoms with Gasteiger partial charge < -0.3 is 0 Å². The van der Waals surface area contributed by atoms with Crippen molar-refractivity contribution in [3.8, 4) is 0 Å². The van der Waals surface area contributed by atoms with Gasteiger partial charge in [-0.1, -0.05) is 15.9 Å². The van der Waals surface area contributed by atoms with Gasteiger partial charge in [0, 0.05) is 9.69 Å². The van der Waals surface area contributed by atoms with E-state index in [9.17, 15) is 9.18 Å². The fraction of sp³-hybridized carbons (Fsp3) is 0.125. The van der Waals surface area contributed by atoms with Crippen LogP contribution in [0.15, 0.2) is 24.3 Å². The highest BCUT2D eigenvalue weighted by Crippen LogP contribution is 2.16. The van der Waals surface area contributed by atoms with Crippen LogP contribution in [0.4, 0.5) is 4.39 Å². The minimum absolute atomic E-state index is 0.0486. The molecular weight excluding hydrogens is 233 g/mol. The van der Waals surface area contributed by atoms with Crippen LogP contribution in [0, 0.1) is 5.82 Å². The highest BCUT2D eigenvalue weighted by Gasteiger charge is 2.24. The van der Waals surface area contributed by atoms with Crippen LogP contribution < -0.4 is 0 Å². The summed E-state index contributed by atoms with van der Waals surface area (Å²) in [6, 6.07) is 5.54. The molecule has 0 atom stereocenters. The predicted molar refractivity (Wildman–Crippen MR) is 59.5 cm³/mol. The number of carbonyl (C=O) groups is 1. The second-order valence-electron chi connectivity index (χ2n) is 3.31. The van der Waals surface area contributed by atoms with E-state index < -0.39 is 4.12 Å². The number of rotatable bonds is 2. The molecule has 0 saturated carbocycles. The lowest BCUT2D eigenvalue weighted by Gasteiger charge is -2.14. The van der Waals surface area contributed by atoms with Gasteiger partial charge in [0.05, 0.1) is 0 Å². The molecule has 0 saturated heterocycles. The van der Waals surface area contributed by atoms with Crippen LogP contribution in [0.2, 0.25) is 0 Å². The Kier molecular flexibility index (Phi) is 2.96. The molecule has 0 fully saturated rings. The second kappa shape index (κ2) is 3.66. The van der Waals surface area contributed by atoms with Crippen molar-refractivity contribution in [3.05, 3.63) is 35.6 Å². The first kappa shape index (κ1) is 10.5. The smallest absolute Gasteiger partial charge is 0.163 e. The summed E-state index contributed by atoms with van der Waals surface area (Å²) >= 11 is 3.26. The number of hydrogen-bond donors (Lipinski definition) is 0. The van der Waals surface area contributed by atoms with Gasteiger partial charge in [-0.3, -0.25) is 4.79 Å².